The number of aliphatic hydroxyl groups excluding tert-OH is 4. The van der Waals surface area contributed by atoms with Crippen LogP contribution in [0.2, 0.25) is 0 Å². The number of ether oxygens (including phenoxy) is 2. The third-order valence-electron chi connectivity index (χ3n) is 7.54. The van der Waals surface area contributed by atoms with Gasteiger partial charge < -0.3 is 65.5 Å². The Morgan fingerprint density at radius 2 is 1.09 bits per heavy atom. The van der Waals surface area contributed by atoms with Crippen LogP contribution in [0.5, 0.6) is 0 Å². The van der Waals surface area contributed by atoms with Gasteiger partial charge in [0, 0.05) is 0 Å². The molecule has 2 saturated heterocycles. The third kappa shape index (κ3) is 8.80. The van der Waals surface area contributed by atoms with Crippen molar-refractivity contribution < 1.29 is 89.7 Å². The molecule has 2 aliphatic rings. The van der Waals surface area contributed by atoms with E-state index in [1.807, 2.05) is 0 Å². The number of fused-ring (bicyclic) bond motifs is 2. The van der Waals surface area contributed by atoms with Crippen molar-refractivity contribution in [1.82, 2.24) is 39.0 Å². The number of aromatic amines is 2. The van der Waals surface area contributed by atoms with Crippen LogP contribution >= 0.6 is 31.3 Å². The molecule has 4 aromatic heterocycles. The van der Waals surface area contributed by atoms with E-state index >= 15 is 0 Å². The number of phosphoric acid groups is 4. The molecule has 13 N–H and O–H groups in total. The second-order valence-electron chi connectivity index (χ2n) is 11.3. The fourth-order valence-electron chi connectivity index (χ4n) is 5.25. The Balaban J connectivity index is 1.02. The van der Waals surface area contributed by atoms with Crippen LogP contribution in [-0.4, -0.2) is 124 Å². The maximum Gasteiger partial charge on any atom is 0.490 e. The maximum absolute atomic E-state index is 12.4. The van der Waals surface area contributed by atoms with Gasteiger partial charge in [-0.05, 0) is 0 Å². The zero-order valence-corrected chi connectivity index (χ0v) is 30.2. The van der Waals surface area contributed by atoms with E-state index in [-0.39, 0.29) is 34.2 Å². The number of rotatable bonds is 14. The standard InChI is InChI=1S/C20H28N10O21P4/c21-19-25-13-7(15(35)27-19)23-3-29(13)17-11(33)9(31)5(47-17)1-45-52(37,38)49-54(41,42)51-55(43,44)50-53(39,40)46-2-6-10(32)12(34)18(48-6)30-4-24-8-14(30)26-20(22)28-16(8)36/h3-6,9-12,17-18,31-34H,1-2H2,(H,37,38)(H,39,40)(H,41,42)(H,43,44)(H3,21,25,27,35)(H3,22,26,28,36)/p-1. The first-order chi connectivity index (χ1) is 25.5. The van der Waals surface area contributed by atoms with Crippen LogP contribution in [0.15, 0.2) is 22.2 Å². The van der Waals surface area contributed by atoms with Gasteiger partial charge in [0.2, 0.25) is 11.9 Å². The number of nitrogens with one attached hydrogen (secondary N) is 2. The highest BCUT2D eigenvalue weighted by atomic mass is 31.3. The molecule has 31 nitrogen and oxygen atoms in total. The smallest absolute Gasteiger partial charge is 0.490 e. The molecule has 55 heavy (non-hydrogen) atoms. The molecule has 35 heteroatoms. The summed E-state index contributed by atoms with van der Waals surface area (Å²) in [6.45, 7) is -2.43. The van der Waals surface area contributed by atoms with E-state index in [1.54, 1.807) is 0 Å². The van der Waals surface area contributed by atoms with Gasteiger partial charge in [-0.2, -0.15) is 18.6 Å². The molecule has 0 aliphatic carbocycles. The van der Waals surface area contributed by atoms with Crippen molar-refractivity contribution in [1.29, 1.82) is 0 Å². The van der Waals surface area contributed by atoms with Crippen LogP contribution in [0.25, 0.3) is 22.3 Å². The Labute approximate surface area is 301 Å². The molecule has 0 aromatic carbocycles. The number of hydrogen-bond acceptors (Lipinski definition) is 24. The monoisotopic (exact) mass is 867 g/mol. The highest BCUT2D eigenvalue weighted by Crippen LogP contribution is 2.71. The van der Waals surface area contributed by atoms with E-state index in [0.29, 0.717) is 0 Å². The average Bonchev–Trinajstić information content (AvgIpc) is 3.79. The number of imidazole rings is 2. The van der Waals surface area contributed by atoms with E-state index in [0.717, 1.165) is 21.8 Å². The van der Waals surface area contributed by atoms with Crippen molar-refractivity contribution >= 4 is 65.5 Å². The Morgan fingerprint density at radius 1 is 0.691 bits per heavy atom. The quantitative estimate of drug-likeness (QED) is 0.0532. The predicted molar refractivity (Wildman–Crippen MR) is 169 cm³/mol. The van der Waals surface area contributed by atoms with Gasteiger partial charge in [0.15, 0.2) is 34.8 Å². The van der Waals surface area contributed by atoms with Crippen LogP contribution < -0.4 is 27.5 Å². The molecule has 304 valence electrons. The Bertz CT molecular complexity index is 2260. The molecule has 6 rings (SSSR count). The number of aromatic nitrogens is 8. The lowest BCUT2D eigenvalue weighted by atomic mass is 10.1. The number of nitrogens with two attached hydrogens (primary N) is 2. The molecule has 6 heterocycles. The maximum atomic E-state index is 12.4. The molecule has 12 atom stereocenters. The molecule has 2 aliphatic heterocycles. The van der Waals surface area contributed by atoms with E-state index in [9.17, 15) is 67.8 Å². The lowest BCUT2D eigenvalue weighted by Crippen LogP contribution is -2.34. The second kappa shape index (κ2) is 14.8. The first-order valence-corrected chi connectivity index (χ1v) is 20.6. The SMILES string of the molecule is Nc1nc2c(ncn2C2OC(COP(=O)([O-])OP(=O)(O)OP(=O)(O)OP(=O)(O)OCC3OC(n4cnc5c(=O)[nH]c(N)nc54)C(O)C3O)C(O)C2O)c(=O)[nH]1. The summed E-state index contributed by atoms with van der Waals surface area (Å²) in [6.07, 6.45) is -12.0. The molecular formula is C20H27N10O21P4-. The minimum absolute atomic E-state index is 0.197. The fraction of sp³-hybridized carbons (Fsp3) is 0.500. The number of phosphoric ester groups is 2. The zero-order chi connectivity index (χ0) is 40.4. The molecule has 0 amide bonds. The molecule has 4 aromatic rings. The highest BCUT2D eigenvalue weighted by Gasteiger charge is 2.49. The lowest BCUT2D eigenvalue weighted by molar-refractivity contribution is -0.221. The van der Waals surface area contributed by atoms with Gasteiger partial charge in [-0.1, -0.05) is 0 Å². The number of nitrogens with zero attached hydrogens (tertiary/aromatic N) is 6. The number of H-pyrrole nitrogens is 2. The summed E-state index contributed by atoms with van der Waals surface area (Å²) >= 11 is 0. The fourth-order valence-corrected chi connectivity index (χ4v) is 10.2. The van der Waals surface area contributed by atoms with Gasteiger partial charge in [-0.25, -0.2) is 28.0 Å². The van der Waals surface area contributed by atoms with Crippen molar-refractivity contribution in [3.63, 3.8) is 0 Å². The number of anilines is 2. The van der Waals surface area contributed by atoms with E-state index in [2.05, 4.69) is 51.9 Å². The molecule has 0 radical (unpaired) electrons. The Morgan fingerprint density at radius 3 is 1.55 bits per heavy atom. The zero-order valence-electron chi connectivity index (χ0n) is 26.7. The normalized spacial score (nSPS) is 30.3. The van der Waals surface area contributed by atoms with Crippen molar-refractivity contribution in [2.75, 3.05) is 24.7 Å². The predicted octanol–water partition coefficient (Wildman–Crippen LogP) is -4.49. The van der Waals surface area contributed by atoms with Crippen LogP contribution in [-0.2, 0) is 49.7 Å². The molecule has 0 bridgehead atoms. The average molecular weight is 867 g/mol. The van der Waals surface area contributed by atoms with Crippen LogP contribution in [0.3, 0.4) is 0 Å². The summed E-state index contributed by atoms with van der Waals surface area (Å²) in [5, 5.41) is 41.7. The van der Waals surface area contributed by atoms with Gasteiger partial charge in [-0.15, -0.1) is 0 Å². The van der Waals surface area contributed by atoms with Gasteiger partial charge >= 0.3 is 23.5 Å². The lowest BCUT2D eigenvalue weighted by Gasteiger charge is -2.26. The van der Waals surface area contributed by atoms with Crippen LogP contribution in [0.1, 0.15) is 12.5 Å². The van der Waals surface area contributed by atoms with Crippen molar-refractivity contribution in [3.05, 3.63) is 33.4 Å². The van der Waals surface area contributed by atoms with Crippen molar-refractivity contribution in [2.45, 2.75) is 49.1 Å². The van der Waals surface area contributed by atoms with Gasteiger partial charge in [0.25, 0.3) is 18.9 Å². The first-order valence-electron chi connectivity index (χ1n) is 14.7. The summed E-state index contributed by atoms with van der Waals surface area (Å²) in [5.74, 6) is -0.691. The number of aliphatic hydroxyl groups is 4. The number of hydrogen-bond donors (Lipinski definition) is 11. The summed E-state index contributed by atoms with van der Waals surface area (Å²) in [5.41, 5.74) is 8.63. The topological polar surface area (TPSA) is 477 Å². The van der Waals surface area contributed by atoms with E-state index in [4.69, 9.17) is 20.9 Å². The summed E-state index contributed by atoms with van der Waals surface area (Å²) < 4.78 is 82.3. The van der Waals surface area contributed by atoms with Gasteiger partial charge in [0.1, 0.15) is 36.6 Å². The largest absolute Gasteiger partial charge is 0.756 e. The Hall–Kier alpha value is -3.38. The van der Waals surface area contributed by atoms with Gasteiger partial charge in [-0.3, -0.25) is 37.8 Å². The van der Waals surface area contributed by atoms with Gasteiger partial charge in [0.05, 0.1) is 25.9 Å². The minimum atomic E-state index is -6.31. The summed E-state index contributed by atoms with van der Waals surface area (Å²) in [4.78, 5) is 85.7. The first kappa shape index (κ1) is 41.3. The Kier molecular flexibility index (Phi) is 11.1. The van der Waals surface area contributed by atoms with E-state index in [1.165, 1.54) is 0 Å². The molecular weight excluding hydrogens is 840 g/mol. The summed E-state index contributed by atoms with van der Waals surface area (Å²) in [6, 6.07) is 0. The van der Waals surface area contributed by atoms with Crippen LogP contribution in [0.4, 0.5) is 11.9 Å². The van der Waals surface area contributed by atoms with Crippen molar-refractivity contribution in [2.24, 2.45) is 0 Å². The third-order valence-corrected chi connectivity index (χ3v) is 13.4. The molecule has 2 fully saturated rings. The highest BCUT2D eigenvalue weighted by molar-refractivity contribution is 7.69. The molecule has 12 unspecified atom stereocenters. The second-order valence-corrected chi connectivity index (χ2v) is 17.5. The molecule has 0 spiro atoms. The molecule has 0 saturated carbocycles. The number of nitrogen functional groups attached to an aromatic ring is 2. The minimum Gasteiger partial charge on any atom is -0.756 e. The van der Waals surface area contributed by atoms with Crippen LogP contribution in [0, 0.1) is 0 Å². The summed E-state index contributed by atoms with van der Waals surface area (Å²) in [7, 11) is -24.5. The van der Waals surface area contributed by atoms with Crippen molar-refractivity contribution in [3.8, 4) is 0 Å². The van der Waals surface area contributed by atoms with E-state index < -0.39 is 105 Å².